The Hall–Kier alpha value is -0.870. The molecule has 2 aliphatic heterocycles. The predicted molar refractivity (Wildman–Crippen MR) is 103 cm³/mol. The molecule has 126 valence electrons. The van der Waals surface area contributed by atoms with Crippen molar-refractivity contribution in [1.82, 2.24) is 19.6 Å². The number of hydrogen-bond donors (Lipinski definition) is 1. The minimum Gasteiger partial charge on any atom is -0.381 e. The van der Waals surface area contributed by atoms with Crippen LogP contribution >= 0.6 is 35.3 Å². The van der Waals surface area contributed by atoms with E-state index in [0.717, 1.165) is 42.9 Å². The smallest absolute Gasteiger partial charge is 0.193 e. The van der Waals surface area contributed by atoms with E-state index < -0.39 is 0 Å². The number of fused-ring (bicyclic) bond motifs is 1. The molecule has 0 radical (unpaired) electrons. The molecule has 2 aliphatic rings. The van der Waals surface area contributed by atoms with E-state index in [1.807, 2.05) is 18.6 Å². The summed E-state index contributed by atoms with van der Waals surface area (Å²) in [6, 6.07) is 0. The lowest BCUT2D eigenvalue weighted by molar-refractivity contribution is 0.156. The van der Waals surface area contributed by atoms with Gasteiger partial charge in [-0.15, -0.1) is 35.3 Å². The molecule has 4 heterocycles. The lowest BCUT2D eigenvalue weighted by Crippen LogP contribution is -2.41. The van der Waals surface area contributed by atoms with Gasteiger partial charge in [-0.1, -0.05) is 0 Å². The van der Waals surface area contributed by atoms with Gasteiger partial charge in [0.25, 0.3) is 0 Å². The molecule has 1 spiro atoms. The van der Waals surface area contributed by atoms with Gasteiger partial charge in [0, 0.05) is 49.9 Å². The van der Waals surface area contributed by atoms with E-state index in [1.54, 1.807) is 11.3 Å². The molecule has 2 aromatic heterocycles. The van der Waals surface area contributed by atoms with E-state index in [9.17, 15) is 0 Å². The Kier molecular flexibility index (Phi) is 5.12. The van der Waals surface area contributed by atoms with Crippen molar-refractivity contribution in [3.05, 3.63) is 23.5 Å². The number of likely N-dealkylation sites (tertiary alicyclic amines) is 1. The van der Waals surface area contributed by atoms with E-state index >= 15 is 0 Å². The van der Waals surface area contributed by atoms with Crippen molar-refractivity contribution in [3.63, 3.8) is 0 Å². The first-order valence-electron chi connectivity index (χ1n) is 7.72. The third kappa shape index (κ3) is 3.34. The molecule has 1 N–H and O–H groups in total. The SMILES string of the molecule is CN=C(NCc1cn2ccsc2n1)N1CCC2(CCOC2)C1.I. The van der Waals surface area contributed by atoms with Crippen LogP contribution < -0.4 is 5.32 Å². The maximum Gasteiger partial charge on any atom is 0.193 e. The zero-order chi connectivity index (χ0) is 15.0. The summed E-state index contributed by atoms with van der Waals surface area (Å²) in [5.74, 6) is 0.972. The van der Waals surface area contributed by atoms with Crippen LogP contribution in [0, 0.1) is 5.41 Å². The minimum atomic E-state index is 0. The number of rotatable bonds is 2. The minimum absolute atomic E-state index is 0. The fourth-order valence-electron chi connectivity index (χ4n) is 3.45. The average molecular weight is 447 g/mol. The van der Waals surface area contributed by atoms with Crippen molar-refractivity contribution in [3.8, 4) is 0 Å². The van der Waals surface area contributed by atoms with Crippen molar-refractivity contribution in [2.45, 2.75) is 19.4 Å². The Morgan fingerprint density at radius 3 is 3.17 bits per heavy atom. The molecule has 1 atom stereocenters. The van der Waals surface area contributed by atoms with Gasteiger partial charge in [0.1, 0.15) is 0 Å². The van der Waals surface area contributed by atoms with Crippen LogP contribution in [0.25, 0.3) is 4.96 Å². The van der Waals surface area contributed by atoms with Crippen molar-refractivity contribution in [2.24, 2.45) is 10.4 Å². The van der Waals surface area contributed by atoms with Gasteiger partial charge >= 0.3 is 0 Å². The maximum atomic E-state index is 5.60. The van der Waals surface area contributed by atoms with Crippen LogP contribution in [-0.2, 0) is 11.3 Å². The topological polar surface area (TPSA) is 54.2 Å². The largest absolute Gasteiger partial charge is 0.381 e. The van der Waals surface area contributed by atoms with Gasteiger partial charge in [0.2, 0.25) is 0 Å². The van der Waals surface area contributed by atoms with Crippen LogP contribution in [0.3, 0.4) is 0 Å². The molecule has 6 nitrogen and oxygen atoms in total. The van der Waals surface area contributed by atoms with Crippen molar-refractivity contribution in [1.29, 1.82) is 0 Å². The number of nitrogens with zero attached hydrogens (tertiary/aromatic N) is 4. The normalized spacial score (nSPS) is 24.6. The summed E-state index contributed by atoms with van der Waals surface area (Å²) >= 11 is 1.66. The van der Waals surface area contributed by atoms with E-state index in [0.29, 0.717) is 12.0 Å². The van der Waals surface area contributed by atoms with Gasteiger partial charge in [-0.05, 0) is 12.8 Å². The first-order chi connectivity index (χ1) is 10.8. The molecular formula is C15H22IN5OS. The molecule has 2 aromatic rings. The van der Waals surface area contributed by atoms with Gasteiger partial charge in [-0.25, -0.2) is 4.98 Å². The molecule has 0 aliphatic carbocycles. The quantitative estimate of drug-likeness (QED) is 0.436. The van der Waals surface area contributed by atoms with E-state index in [1.165, 1.54) is 12.8 Å². The number of hydrogen-bond acceptors (Lipinski definition) is 4. The van der Waals surface area contributed by atoms with Gasteiger partial charge in [-0.2, -0.15) is 0 Å². The van der Waals surface area contributed by atoms with Crippen LogP contribution in [0.4, 0.5) is 0 Å². The maximum absolute atomic E-state index is 5.60. The molecule has 0 aromatic carbocycles. The number of guanidine groups is 1. The highest BCUT2D eigenvalue weighted by Gasteiger charge is 2.42. The van der Waals surface area contributed by atoms with Crippen LogP contribution in [0.15, 0.2) is 22.8 Å². The van der Waals surface area contributed by atoms with Crippen LogP contribution in [0.5, 0.6) is 0 Å². The molecule has 0 amide bonds. The third-order valence-corrected chi connectivity index (χ3v) is 5.48. The van der Waals surface area contributed by atoms with Gasteiger partial charge in [-0.3, -0.25) is 9.39 Å². The van der Waals surface area contributed by atoms with Gasteiger partial charge in [0.05, 0.1) is 18.8 Å². The summed E-state index contributed by atoms with van der Waals surface area (Å²) in [7, 11) is 1.85. The number of thiazole rings is 1. The van der Waals surface area contributed by atoms with E-state index in [-0.39, 0.29) is 24.0 Å². The molecular weight excluding hydrogens is 425 g/mol. The second kappa shape index (κ2) is 6.94. The molecule has 2 fully saturated rings. The van der Waals surface area contributed by atoms with Crippen LogP contribution in [0.2, 0.25) is 0 Å². The lowest BCUT2D eigenvalue weighted by atomic mass is 9.87. The first kappa shape index (κ1) is 17.0. The summed E-state index contributed by atoms with van der Waals surface area (Å²) in [5, 5.41) is 5.50. The highest BCUT2D eigenvalue weighted by molar-refractivity contribution is 14.0. The number of imidazole rings is 1. The highest BCUT2D eigenvalue weighted by Crippen LogP contribution is 2.38. The Balaban J connectivity index is 0.00000156. The van der Waals surface area contributed by atoms with Crippen LogP contribution in [0.1, 0.15) is 18.5 Å². The second-order valence-corrected chi connectivity index (χ2v) is 7.07. The lowest BCUT2D eigenvalue weighted by Gasteiger charge is -2.24. The van der Waals surface area contributed by atoms with E-state index in [4.69, 9.17) is 4.74 Å². The molecule has 8 heteroatoms. The summed E-state index contributed by atoms with van der Waals surface area (Å²) in [4.78, 5) is 12.4. The van der Waals surface area contributed by atoms with Crippen molar-refractivity contribution < 1.29 is 4.74 Å². The number of nitrogens with one attached hydrogen (secondary N) is 1. The number of aliphatic imine (C=N–C) groups is 1. The molecule has 1 unspecified atom stereocenters. The average Bonchev–Trinajstić information content (AvgIpc) is 3.26. The Bertz CT molecular complexity index is 662. The molecule has 23 heavy (non-hydrogen) atoms. The first-order valence-corrected chi connectivity index (χ1v) is 8.60. The summed E-state index contributed by atoms with van der Waals surface area (Å²) in [6.07, 6.45) is 6.49. The fourth-order valence-corrected chi connectivity index (χ4v) is 4.17. The van der Waals surface area contributed by atoms with Gasteiger partial charge in [0.15, 0.2) is 10.9 Å². The Morgan fingerprint density at radius 1 is 1.52 bits per heavy atom. The molecule has 4 rings (SSSR count). The zero-order valence-electron chi connectivity index (χ0n) is 13.2. The highest BCUT2D eigenvalue weighted by atomic mass is 127. The third-order valence-electron chi connectivity index (χ3n) is 4.71. The van der Waals surface area contributed by atoms with Crippen molar-refractivity contribution >= 4 is 46.2 Å². The fraction of sp³-hybridized carbons (Fsp3) is 0.600. The van der Waals surface area contributed by atoms with E-state index in [2.05, 4.69) is 30.8 Å². The van der Waals surface area contributed by atoms with Gasteiger partial charge < -0.3 is 15.0 Å². The monoisotopic (exact) mass is 447 g/mol. The zero-order valence-corrected chi connectivity index (χ0v) is 16.3. The molecule has 0 bridgehead atoms. The Morgan fingerprint density at radius 2 is 2.43 bits per heavy atom. The van der Waals surface area contributed by atoms with Crippen molar-refractivity contribution in [2.75, 3.05) is 33.4 Å². The molecule has 2 saturated heterocycles. The standard InChI is InChI=1S/C15H21N5OS.HI/c1-16-13(20-4-2-15(10-20)3-6-21-11-15)17-8-12-9-19-5-7-22-14(19)18-12;/h5,7,9H,2-4,6,8,10-11H2,1H3,(H,16,17);1H. The second-order valence-electron chi connectivity index (χ2n) is 6.20. The summed E-state index contributed by atoms with van der Waals surface area (Å²) in [6.45, 7) is 4.62. The summed E-state index contributed by atoms with van der Waals surface area (Å²) in [5.41, 5.74) is 1.40. The number of aromatic nitrogens is 2. The summed E-state index contributed by atoms with van der Waals surface area (Å²) < 4.78 is 7.66. The predicted octanol–water partition coefficient (Wildman–Crippen LogP) is 2.20. The van der Waals surface area contributed by atoms with Crippen LogP contribution in [-0.4, -0.2) is 53.6 Å². The number of halogens is 1. The Labute approximate surface area is 157 Å². The number of ether oxygens (including phenoxy) is 1. The molecule has 0 saturated carbocycles.